The minimum atomic E-state index is -0.995. The van der Waals surface area contributed by atoms with Crippen LogP contribution in [0.25, 0.3) is 0 Å². The van der Waals surface area contributed by atoms with Gasteiger partial charge in [-0.1, -0.05) is 24.1 Å². The van der Waals surface area contributed by atoms with Crippen LogP contribution >= 0.6 is 11.6 Å². The largest absolute Gasteiger partial charge is 0.491 e. The number of hydrogen-bond acceptors (Lipinski definition) is 2. The van der Waals surface area contributed by atoms with Gasteiger partial charge in [0.25, 0.3) is 0 Å². The van der Waals surface area contributed by atoms with E-state index in [-0.39, 0.29) is 5.56 Å². The van der Waals surface area contributed by atoms with E-state index in [1.807, 2.05) is 0 Å². The number of fused-ring (bicyclic) bond motifs is 2. The van der Waals surface area contributed by atoms with Crippen molar-refractivity contribution in [2.24, 2.45) is 17.8 Å². The highest BCUT2D eigenvalue weighted by atomic mass is 35.5. The van der Waals surface area contributed by atoms with Crippen LogP contribution in [0.15, 0.2) is 18.2 Å². The first-order chi connectivity index (χ1) is 9.15. The van der Waals surface area contributed by atoms with Crippen molar-refractivity contribution < 1.29 is 14.6 Å². The summed E-state index contributed by atoms with van der Waals surface area (Å²) in [5.41, 5.74) is 0.149. The van der Waals surface area contributed by atoms with Gasteiger partial charge in [-0.2, -0.15) is 0 Å². The molecule has 0 amide bonds. The van der Waals surface area contributed by atoms with E-state index in [1.54, 1.807) is 12.1 Å². The Morgan fingerprint density at radius 1 is 1.37 bits per heavy atom. The summed E-state index contributed by atoms with van der Waals surface area (Å²) in [6, 6.07) is 4.84. The van der Waals surface area contributed by atoms with Crippen molar-refractivity contribution in [1.82, 2.24) is 0 Å². The third-order valence-corrected chi connectivity index (χ3v) is 4.82. The van der Waals surface area contributed by atoms with Gasteiger partial charge in [-0.05, 0) is 49.1 Å². The zero-order valence-corrected chi connectivity index (χ0v) is 11.4. The average Bonchev–Trinajstić information content (AvgIpc) is 2.99. The molecule has 0 saturated heterocycles. The van der Waals surface area contributed by atoms with E-state index in [0.717, 1.165) is 11.8 Å². The van der Waals surface area contributed by atoms with Crippen molar-refractivity contribution >= 4 is 17.6 Å². The minimum Gasteiger partial charge on any atom is -0.491 e. The van der Waals surface area contributed by atoms with Crippen LogP contribution < -0.4 is 4.74 Å². The average molecular weight is 281 g/mol. The molecular formula is C15H17ClO3. The fourth-order valence-corrected chi connectivity index (χ4v) is 3.82. The van der Waals surface area contributed by atoms with Crippen LogP contribution in [-0.2, 0) is 0 Å². The Hall–Kier alpha value is -1.22. The second-order valence-corrected chi connectivity index (χ2v) is 6.07. The van der Waals surface area contributed by atoms with Crippen LogP contribution in [0.4, 0.5) is 0 Å². The smallest absolute Gasteiger partial charge is 0.339 e. The lowest BCUT2D eigenvalue weighted by Crippen LogP contribution is -2.19. The predicted octanol–water partition coefficient (Wildman–Crippen LogP) is 3.85. The number of carboxylic acids is 1. The Bertz CT molecular complexity index is 500. The summed E-state index contributed by atoms with van der Waals surface area (Å²) in [6.45, 7) is 0.588. The number of carbonyl (C=O) groups is 1. The number of hydrogen-bond donors (Lipinski definition) is 1. The molecule has 1 aromatic carbocycles. The molecule has 2 bridgehead atoms. The summed E-state index contributed by atoms with van der Waals surface area (Å²) in [6.07, 6.45) is 5.19. The fraction of sp³-hybridized carbons (Fsp3) is 0.533. The molecule has 3 atom stereocenters. The van der Waals surface area contributed by atoms with E-state index in [9.17, 15) is 4.79 Å². The van der Waals surface area contributed by atoms with Crippen molar-refractivity contribution in [3.8, 4) is 5.75 Å². The minimum absolute atomic E-state index is 0.149. The second kappa shape index (κ2) is 5.04. The Balaban J connectivity index is 1.71. The number of para-hydroxylation sites is 1. The predicted molar refractivity (Wildman–Crippen MR) is 72.8 cm³/mol. The quantitative estimate of drug-likeness (QED) is 0.911. The lowest BCUT2D eigenvalue weighted by Gasteiger charge is -2.22. The maximum absolute atomic E-state index is 11.2. The highest BCUT2D eigenvalue weighted by molar-refractivity contribution is 6.32. The summed E-state index contributed by atoms with van der Waals surface area (Å²) >= 11 is 6.05. The fourth-order valence-electron chi connectivity index (χ4n) is 3.59. The Morgan fingerprint density at radius 3 is 2.84 bits per heavy atom. The third kappa shape index (κ3) is 2.44. The monoisotopic (exact) mass is 280 g/mol. The molecule has 19 heavy (non-hydrogen) atoms. The van der Waals surface area contributed by atoms with Crippen molar-refractivity contribution in [2.45, 2.75) is 25.7 Å². The van der Waals surface area contributed by atoms with Gasteiger partial charge in [-0.15, -0.1) is 0 Å². The molecule has 0 aromatic heterocycles. The number of aromatic carboxylic acids is 1. The summed E-state index contributed by atoms with van der Waals surface area (Å²) < 4.78 is 5.75. The maximum atomic E-state index is 11.2. The van der Waals surface area contributed by atoms with Crippen molar-refractivity contribution in [2.75, 3.05) is 6.61 Å². The highest BCUT2D eigenvalue weighted by Gasteiger charge is 2.39. The molecule has 2 aliphatic rings. The summed E-state index contributed by atoms with van der Waals surface area (Å²) in [7, 11) is 0. The summed E-state index contributed by atoms with van der Waals surface area (Å²) in [5, 5.41) is 9.53. The number of carboxylic acid groups (broad SMARTS) is 1. The van der Waals surface area contributed by atoms with E-state index in [2.05, 4.69) is 0 Å². The lowest BCUT2D eigenvalue weighted by atomic mass is 9.89. The molecule has 3 unspecified atom stereocenters. The van der Waals surface area contributed by atoms with Gasteiger partial charge in [-0.25, -0.2) is 4.79 Å². The van der Waals surface area contributed by atoms with Crippen LogP contribution in [0.1, 0.15) is 36.0 Å². The van der Waals surface area contributed by atoms with Crippen molar-refractivity contribution in [3.05, 3.63) is 28.8 Å². The first-order valence-corrected chi connectivity index (χ1v) is 7.17. The van der Waals surface area contributed by atoms with Gasteiger partial charge in [-0.3, -0.25) is 0 Å². The van der Waals surface area contributed by atoms with Crippen LogP contribution in [0.2, 0.25) is 5.02 Å². The number of ether oxygens (including phenoxy) is 1. The Morgan fingerprint density at radius 2 is 2.21 bits per heavy atom. The molecule has 2 fully saturated rings. The third-order valence-electron chi connectivity index (χ3n) is 4.52. The zero-order chi connectivity index (χ0) is 13.4. The normalized spacial score (nSPS) is 28.6. The van der Waals surface area contributed by atoms with Crippen LogP contribution in [-0.4, -0.2) is 17.7 Å². The lowest BCUT2D eigenvalue weighted by molar-refractivity contribution is 0.0690. The SMILES string of the molecule is O=C(O)c1cccc(Cl)c1OCC1CC2CCC1C2. The van der Waals surface area contributed by atoms with Crippen LogP contribution in [0.3, 0.4) is 0 Å². The highest BCUT2D eigenvalue weighted by Crippen LogP contribution is 2.48. The molecule has 0 aliphatic heterocycles. The van der Waals surface area contributed by atoms with E-state index >= 15 is 0 Å². The topological polar surface area (TPSA) is 46.5 Å². The van der Waals surface area contributed by atoms with Crippen LogP contribution in [0.5, 0.6) is 5.75 Å². The van der Waals surface area contributed by atoms with Crippen molar-refractivity contribution in [3.63, 3.8) is 0 Å². The van der Waals surface area contributed by atoms with E-state index in [1.165, 1.54) is 31.7 Å². The molecule has 102 valence electrons. The number of halogens is 1. The Kier molecular flexibility index (Phi) is 3.40. The maximum Gasteiger partial charge on any atom is 0.339 e. The first kappa shape index (κ1) is 12.8. The summed E-state index contributed by atoms with van der Waals surface area (Å²) in [4.78, 5) is 11.2. The molecule has 3 nitrogen and oxygen atoms in total. The molecule has 1 N–H and O–H groups in total. The van der Waals surface area contributed by atoms with E-state index in [4.69, 9.17) is 21.4 Å². The zero-order valence-electron chi connectivity index (χ0n) is 10.6. The van der Waals surface area contributed by atoms with Gasteiger partial charge in [0.2, 0.25) is 0 Å². The molecule has 0 radical (unpaired) electrons. The second-order valence-electron chi connectivity index (χ2n) is 5.67. The summed E-state index contributed by atoms with van der Waals surface area (Å²) in [5.74, 6) is 1.52. The molecule has 3 rings (SSSR count). The molecular weight excluding hydrogens is 264 g/mol. The van der Waals surface area contributed by atoms with Gasteiger partial charge in [0, 0.05) is 0 Å². The molecule has 2 aliphatic carbocycles. The van der Waals surface area contributed by atoms with E-state index in [0.29, 0.717) is 23.3 Å². The van der Waals surface area contributed by atoms with Crippen molar-refractivity contribution in [1.29, 1.82) is 0 Å². The van der Waals surface area contributed by atoms with Gasteiger partial charge in [0.05, 0.1) is 11.6 Å². The molecule has 0 spiro atoms. The van der Waals surface area contributed by atoms with Gasteiger partial charge in [0.1, 0.15) is 5.56 Å². The van der Waals surface area contributed by atoms with Crippen LogP contribution in [0, 0.1) is 17.8 Å². The van der Waals surface area contributed by atoms with Gasteiger partial charge < -0.3 is 9.84 Å². The number of benzene rings is 1. The Labute approximate surface area is 117 Å². The standard InChI is InChI=1S/C15H17ClO3/c16-13-3-1-2-12(15(17)18)14(13)19-8-11-7-9-4-5-10(11)6-9/h1-3,9-11H,4-8H2,(H,17,18). The molecule has 1 aromatic rings. The van der Waals surface area contributed by atoms with Gasteiger partial charge in [0.15, 0.2) is 5.75 Å². The number of rotatable bonds is 4. The molecule has 4 heteroatoms. The van der Waals surface area contributed by atoms with E-state index < -0.39 is 5.97 Å². The van der Waals surface area contributed by atoms with Gasteiger partial charge >= 0.3 is 5.97 Å². The first-order valence-electron chi connectivity index (χ1n) is 6.79. The molecule has 2 saturated carbocycles. The molecule has 0 heterocycles.